The number of carbonyl (C=O) groups is 4. The van der Waals surface area contributed by atoms with E-state index in [1.165, 1.54) is 14.2 Å². The summed E-state index contributed by atoms with van der Waals surface area (Å²) in [5.41, 5.74) is 17.8. The minimum Gasteiger partial charge on any atom is -0.496 e. The van der Waals surface area contributed by atoms with Crippen molar-refractivity contribution in [2.75, 3.05) is 101 Å². The van der Waals surface area contributed by atoms with E-state index in [0.29, 0.717) is 111 Å². The fraction of sp³-hybridized carbons (Fsp3) is 0.457. The number of nitrogens with two attached hydrogens (primary N) is 1. The Labute approximate surface area is 542 Å². The number of halogens is 1. The van der Waals surface area contributed by atoms with Crippen molar-refractivity contribution < 1.29 is 52.7 Å². The van der Waals surface area contributed by atoms with E-state index in [1.807, 2.05) is 50.2 Å². The van der Waals surface area contributed by atoms with Crippen molar-refractivity contribution in [3.05, 3.63) is 149 Å². The number of hydrogen-bond acceptors (Lipinski definition) is 15. The zero-order valence-corrected chi connectivity index (χ0v) is 54.8. The van der Waals surface area contributed by atoms with Gasteiger partial charge in [-0.1, -0.05) is 24.3 Å². The second-order valence-corrected chi connectivity index (χ2v) is 24.3. The Morgan fingerprint density at radius 3 is 1.39 bits per heavy atom. The van der Waals surface area contributed by atoms with Gasteiger partial charge in [-0.05, 0) is 186 Å². The lowest BCUT2D eigenvalue weighted by atomic mass is 9.75. The summed E-state index contributed by atoms with van der Waals surface area (Å²) in [6.45, 7) is 18.6. The van der Waals surface area contributed by atoms with Crippen molar-refractivity contribution in [3.8, 4) is 33.8 Å². The number of aryl methyl sites for hydroxylation is 2. The normalized spacial score (nSPS) is 17.1. The van der Waals surface area contributed by atoms with Gasteiger partial charge in [0.1, 0.15) is 11.5 Å². The number of pyridine rings is 2. The first kappa shape index (κ1) is 68.3. The summed E-state index contributed by atoms with van der Waals surface area (Å²) in [5, 5.41) is 19.2. The molecule has 21 nitrogen and oxygen atoms in total. The number of methoxy groups -OCH3 is 2. The van der Waals surface area contributed by atoms with Crippen molar-refractivity contribution in [1.82, 2.24) is 15.3 Å². The molecule has 4 saturated heterocycles. The molecule has 0 unspecified atom stereocenters. The number of carboxylic acids is 1. The second kappa shape index (κ2) is 29.7. The number of rotatable bonds is 15. The molecule has 4 fully saturated rings. The van der Waals surface area contributed by atoms with Gasteiger partial charge in [0.25, 0.3) is 17.0 Å². The Balaban J connectivity index is 0.000000187. The highest BCUT2D eigenvalue weighted by molar-refractivity contribution is 6.08. The fourth-order valence-corrected chi connectivity index (χ4v) is 14.0. The molecule has 22 heteroatoms. The topological polar surface area (TPSA) is 278 Å². The highest BCUT2D eigenvalue weighted by atomic mass is 35.5. The summed E-state index contributed by atoms with van der Waals surface area (Å²) in [7, 11) is 3.03. The Bertz CT molecular complexity index is 3820. The van der Waals surface area contributed by atoms with Crippen LogP contribution < -0.4 is 52.1 Å². The monoisotopic (exact) mass is 1280 g/mol. The average Bonchev–Trinajstić information content (AvgIpc) is 1.58. The smallest absolute Gasteiger partial charge is 0.336 e. The lowest BCUT2D eigenvalue weighted by molar-refractivity contribution is -0.124. The van der Waals surface area contributed by atoms with E-state index in [0.717, 1.165) is 125 Å². The van der Waals surface area contributed by atoms with E-state index in [4.69, 9.17) is 34.2 Å². The number of H-pyrrole nitrogens is 2. The molecule has 0 bridgehead atoms. The lowest BCUT2D eigenvalue weighted by Gasteiger charge is -2.37. The molecule has 8 N–H and O–H groups in total. The van der Waals surface area contributed by atoms with Crippen LogP contribution in [0.1, 0.15) is 131 Å². The van der Waals surface area contributed by atoms with Crippen LogP contribution in [-0.2, 0) is 52.5 Å². The molecule has 3 amide bonds. The highest BCUT2D eigenvalue weighted by Gasteiger charge is 2.49. The third kappa shape index (κ3) is 13.8. The minimum absolute atomic E-state index is 0. The van der Waals surface area contributed by atoms with E-state index in [9.17, 15) is 33.9 Å². The Hall–Kier alpha value is -8.05. The second-order valence-electron chi connectivity index (χ2n) is 24.3. The maximum absolute atomic E-state index is 13.9. The van der Waals surface area contributed by atoms with Gasteiger partial charge < -0.3 is 75.0 Å². The van der Waals surface area contributed by atoms with E-state index in [2.05, 4.69) is 67.8 Å². The number of aromatic amines is 2. The quantitative estimate of drug-likeness (QED) is 0.0504. The first-order chi connectivity index (χ1) is 43.9. The summed E-state index contributed by atoms with van der Waals surface area (Å²) in [5.74, 6) is -0.160. The van der Waals surface area contributed by atoms with Crippen molar-refractivity contribution in [3.63, 3.8) is 0 Å². The van der Waals surface area contributed by atoms with E-state index in [1.54, 1.807) is 32.0 Å². The van der Waals surface area contributed by atoms with Gasteiger partial charge in [0.15, 0.2) is 0 Å². The molecule has 492 valence electrons. The number of ether oxygens (including phenoxy) is 6. The number of aromatic nitrogens is 2. The summed E-state index contributed by atoms with van der Waals surface area (Å²) in [4.78, 5) is 86.3. The zero-order valence-electron chi connectivity index (χ0n) is 54.0. The van der Waals surface area contributed by atoms with Crippen LogP contribution in [0, 0.1) is 27.7 Å². The summed E-state index contributed by atoms with van der Waals surface area (Å²) >= 11 is 0. The number of hydrogen-bond donors (Lipinski definition) is 7. The number of aromatic carboxylic acids is 1. The molecule has 6 aliphatic rings. The van der Waals surface area contributed by atoms with Gasteiger partial charge in [-0.25, -0.2) is 4.79 Å². The van der Waals surface area contributed by atoms with Crippen molar-refractivity contribution in [1.29, 1.82) is 0 Å². The standard InChI is InChI=1S/C35H42N4O6.C27H32N2O5.C8H12N2O2.ClH/c1-5-39(25-8-12-44-13-9-25)30-19-24(23-6-7-28-29(18-23)38-34(42)35(28)10-14-45-15-11-35)17-26(22(30)3)32(40)36-20-27-31(43-4)16-21(2)37-33(27)41;1-3-29(20-6-10-33-11-7-20)24-16-19(14-21(17(24)2)25(30)31)18-4-5-22-23(15-18)28-26(32)27(22)8-12-34-13-9-27;1-5-3-7(12-2)6(4-9)8(11)10-5;/h6-7,16-19,25H,5,8-15,20H2,1-4H3,(H,36,40)(H,37,41)(H,38,42);4-5,14-16,20H,3,6-13H2,1-2H3,(H,28,32)(H,30,31);3H,4,9H2,1-2H3,(H,10,11);1H. The SMILES string of the molecule is CCN(c1cc(-c2ccc3c(c2)NC(=O)C32CCOCC2)cc(C(=O)NCc2c(OC)cc(C)[nH]c2=O)c1C)C1CCOCC1.CCN(c1cc(-c2ccc3c(c2)NC(=O)C32CCOCC2)cc(C(=O)O)c1C)C1CCOCC1.COc1cc(C)[nH]c(=O)c1CN.Cl. The van der Waals surface area contributed by atoms with Gasteiger partial charge in [0, 0.05) is 124 Å². The maximum Gasteiger partial charge on any atom is 0.336 e. The molecule has 0 saturated carbocycles. The van der Waals surface area contributed by atoms with Gasteiger partial charge in [0.05, 0.1) is 48.3 Å². The first-order valence-corrected chi connectivity index (χ1v) is 31.7. The Kier molecular flexibility index (Phi) is 22.1. The first-order valence-electron chi connectivity index (χ1n) is 31.7. The van der Waals surface area contributed by atoms with Crippen LogP contribution in [0.3, 0.4) is 0 Å². The van der Waals surface area contributed by atoms with E-state index >= 15 is 0 Å². The van der Waals surface area contributed by atoms with Crippen molar-refractivity contribution >= 4 is 58.8 Å². The van der Waals surface area contributed by atoms with Crippen molar-refractivity contribution in [2.24, 2.45) is 5.73 Å². The third-order valence-electron chi connectivity index (χ3n) is 19.1. The van der Waals surface area contributed by atoms with Crippen LogP contribution in [0.5, 0.6) is 11.5 Å². The lowest BCUT2D eigenvalue weighted by Crippen LogP contribution is -2.40. The number of amides is 3. The molecule has 92 heavy (non-hydrogen) atoms. The van der Waals surface area contributed by atoms with E-state index < -0.39 is 16.8 Å². The van der Waals surface area contributed by atoms with Gasteiger partial charge in [0.2, 0.25) is 11.8 Å². The molecule has 8 heterocycles. The number of anilines is 4. The molecule has 2 spiro atoms. The summed E-state index contributed by atoms with van der Waals surface area (Å²) in [6, 6.07) is 24.2. The molecule has 4 aromatic carbocycles. The summed E-state index contributed by atoms with van der Waals surface area (Å²) in [6.07, 6.45) is 6.36. The van der Waals surface area contributed by atoms with Gasteiger partial charge >= 0.3 is 5.97 Å². The number of carboxylic acid groups (broad SMARTS) is 1. The van der Waals surface area contributed by atoms with Crippen LogP contribution in [0.15, 0.2) is 82.4 Å². The molecule has 12 rings (SSSR count). The molecular formula is C70H87ClN8O13. The van der Waals surface area contributed by atoms with Crippen LogP contribution in [0.4, 0.5) is 22.7 Å². The molecule has 2 aromatic heterocycles. The number of nitrogens with zero attached hydrogens (tertiary/aromatic N) is 2. The van der Waals surface area contributed by atoms with Crippen molar-refractivity contribution in [2.45, 2.75) is 129 Å². The number of benzene rings is 4. The fourth-order valence-electron chi connectivity index (χ4n) is 14.0. The predicted molar refractivity (Wildman–Crippen MR) is 358 cm³/mol. The van der Waals surface area contributed by atoms with Crippen LogP contribution in [0.25, 0.3) is 22.3 Å². The number of fused-ring (bicyclic) bond motifs is 4. The van der Waals surface area contributed by atoms with E-state index in [-0.39, 0.29) is 60.4 Å². The van der Waals surface area contributed by atoms with Crippen LogP contribution in [-0.4, -0.2) is 131 Å². The molecule has 6 aliphatic heterocycles. The largest absolute Gasteiger partial charge is 0.496 e. The minimum atomic E-state index is -0.931. The predicted octanol–water partition coefficient (Wildman–Crippen LogP) is 9.54. The van der Waals surface area contributed by atoms with Crippen LogP contribution >= 0.6 is 12.4 Å². The molecule has 0 aliphatic carbocycles. The highest BCUT2D eigenvalue weighted by Crippen LogP contribution is 2.48. The number of nitrogens with one attached hydrogen (secondary N) is 5. The average molecular weight is 1280 g/mol. The molecular weight excluding hydrogens is 1200 g/mol. The molecule has 6 aromatic rings. The third-order valence-corrected chi connectivity index (χ3v) is 19.1. The van der Waals surface area contributed by atoms with Gasteiger partial charge in [-0.2, -0.15) is 0 Å². The molecule has 0 radical (unpaired) electrons. The zero-order chi connectivity index (χ0) is 64.7. The number of carbonyl (C=O) groups excluding carboxylic acids is 3. The van der Waals surface area contributed by atoms with Gasteiger partial charge in [-0.15, -0.1) is 12.4 Å². The Morgan fingerprint density at radius 1 is 0.576 bits per heavy atom. The molecule has 0 atom stereocenters. The van der Waals surface area contributed by atoms with Crippen LogP contribution in [0.2, 0.25) is 0 Å². The van der Waals surface area contributed by atoms with Gasteiger partial charge in [-0.3, -0.25) is 24.0 Å². The summed E-state index contributed by atoms with van der Waals surface area (Å²) < 4.78 is 32.7. The maximum atomic E-state index is 13.9. The Morgan fingerprint density at radius 2 is 0.978 bits per heavy atom.